The van der Waals surface area contributed by atoms with Crippen LogP contribution in [0.15, 0.2) is 65.6 Å². The summed E-state index contributed by atoms with van der Waals surface area (Å²) in [6.07, 6.45) is -0.879. The first kappa shape index (κ1) is 25.4. The highest BCUT2D eigenvalue weighted by molar-refractivity contribution is 7.90. The number of fused-ring (bicyclic) bond motifs is 1. The second kappa shape index (κ2) is 9.42. The number of carbonyl (C=O) groups is 1. The Bertz CT molecular complexity index is 1430. The summed E-state index contributed by atoms with van der Waals surface area (Å²) in [6.45, 7) is 6.45. The Kier molecular flexibility index (Phi) is 6.66. The molecule has 0 aromatic heterocycles. The Labute approximate surface area is 209 Å². The van der Waals surface area contributed by atoms with Crippen LogP contribution in [0.4, 0.5) is 16.2 Å². The van der Waals surface area contributed by atoms with E-state index in [1.807, 2.05) is 43.9 Å². The summed E-state index contributed by atoms with van der Waals surface area (Å²) < 4.78 is 32.7. The van der Waals surface area contributed by atoms with E-state index in [2.05, 4.69) is 0 Å². The number of anilines is 1. The fraction of sp³-hybridized carbons (Fsp3) is 0.346. The fourth-order valence-corrected chi connectivity index (χ4v) is 6.77. The van der Waals surface area contributed by atoms with Crippen LogP contribution in [0.1, 0.15) is 32.8 Å². The molecule has 1 fully saturated rings. The highest BCUT2D eigenvalue weighted by atomic mass is 32.2. The van der Waals surface area contributed by atoms with E-state index in [0.29, 0.717) is 29.6 Å². The summed E-state index contributed by atoms with van der Waals surface area (Å²) in [4.78, 5) is 24.7. The lowest BCUT2D eigenvalue weighted by Gasteiger charge is -2.39. The van der Waals surface area contributed by atoms with E-state index in [0.717, 1.165) is 5.39 Å². The van der Waals surface area contributed by atoms with Crippen molar-refractivity contribution in [1.82, 2.24) is 0 Å². The SMILES string of the molecule is CC(C)(C)C1C(OC(N)=O)CCN1c1ccc([N+](=O)[O-])cc1CS(=O)(=O)c1cccc2ccccc12. The minimum atomic E-state index is -3.87. The van der Waals surface area contributed by atoms with Gasteiger partial charge in [-0.1, -0.05) is 57.2 Å². The number of rotatable bonds is 6. The van der Waals surface area contributed by atoms with Crippen LogP contribution in [-0.4, -0.2) is 38.1 Å². The van der Waals surface area contributed by atoms with Gasteiger partial charge >= 0.3 is 6.09 Å². The molecule has 1 aliphatic heterocycles. The second-order valence-electron chi connectivity index (χ2n) is 10.1. The molecular formula is C26H29N3O6S. The molecule has 190 valence electrons. The summed E-state index contributed by atoms with van der Waals surface area (Å²) in [7, 11) is -3.87. The molecule has 0 spiro atoms. The average molecular weight is 512 g/mol. The summed E-state index contributed by atoms with van der Waals surface area (Å²) in [5.41, 5.74) is 5.60. The van der Waals surface area contributed by atoms with E-state index < -0.39 is 32.7 Å². The molecule has 0 bridgehead atoms. The van der Waals surface area contributed by atoms with Crippen molar-refractivity contribution in [2.45, 2.75) is 50.0 Å². The topological polar surface area (TPSA) is 133 Å². The Balaban J connectivity index is 1.82. The van der Waals surface area contributed by atoms with E-state index >= 15 is 0 Å². The van der Waals surface area contributed by atoms with Crippen molar-refractivity contribution in [3.63, 3.8) is 0 Å². The van der Waals surface area contributed by atoms with Crippen LogP contribution in [-0.2, 0) is 20.3 Å². The second-order valence-corrected chi connectivity index (χ2v) is 12.0. The van der Waals surface area contributed by atoms with E-state index in [1.54, 1.807) is 30.3 Å². The number of benzene rings is 3. The quantitative estimate of drug-likeness (QED) is 0.371. The number of primary amides is 1. The number of nitro groups is 1. The van der Waals surface area contributed by atoms with Gasteiger partial charge in [0.1, 0.15) is 6.10 Å². The molecule has 10 heteroatoms. The number of non-ortho nitro benzene ring substituents is 1. The third-order valence-corrected chi connectivity index (χ3v) is 8.23. The Morgan fingerprint density at radius 3 is 2.50 bits per heavy atom. The number of amides is 1. The van der Waals surface area contributed by atoms with Crippen molar-refractivity contribution in [1.29, 1.82) is 0 Å². The number of nitrogens with zero attached hydrogens (tertiary/aromatic N) is 2. The molecule has 0 radical (unpaired) electrons. The van der Waals surface area contributed by atoms with Gasteiger partial charge in [-0.2, -0.15) is 0 Å². The number of nitro benzene ring substituents is 1. The molecule has 1 aliphatic rings. The molecule has 1 amide bonds. The molecule has 0 saturated carbocycles. The highest BCUT2D eigenvalue weighted by Crippen LogP contribution is 2.41. The van der Waals surface area contributed by atoms with Gasteiger partial charge in [0, 0.05) is 36.2 Å². The van der Waals surface area contributed by atoms with Crippen LogP contribution < -0.4 is 10.6 Å². The Morgan fingerprint density at radius 2 is 1.83 bits per heavy atom. The van der Waals surface area contributed by atoms with Crippen molar-refractivity contribution >= 4 is 38.1 Å². The fourth-order valence-electron chi connectivity index (χ4n) is 5.16. The molecule has 36 heavy (non-hydrogen) atoms. The van der Waals surface area contributed by atoms with Gasteiger partial charge in [-0.15, -0.1) is 0 Å². The molecule has 2 unspecified atom stereocenters. The highest BCUT2D eigenvalue weighted by Gasteiger charge is 2.44. The molecule has 9 nitrogen and oxygen atoms in total. The summed E-state index contributed by atoms with van der Waals surface area (Å²) in [5.74, 6) is -0.424. The smallest absolute Gasteiger partial charge is 0.404 e. The van der Waals surface area contributed by atoms with Crippen LogP contribution in [0, 0.1) is 15.5 Å². The van der Waals surface area contributed by atoms with Gasteiger partial charge in [0.15, 0.2) is 9.84 Å². The maximum Gasteiger partial charge on any atom is 0.404 e. The van der Waals surface area contributed by atoms with Gasteiger partial charge < -0.3 is 15.4 Å². The van der Waals surface area contributed by atoms with E-state index in [1.165, 1.54) is 12.1 Å². The van der Waals surface area contributed by atoms with Crippen molar-refractivity contribution in [3.05, 3.63) is 76.3 Å². The number of nitrogens with two attached hydrogens (primary N) is 1. The summed E-state index contributed by atoms with van der Waals surface area (Å²) >= 11 is 0. The maximum absolute atomic E-state index is 13.7. The molecule has 0 aliphatic carbocycles. The summed E-state index contributed by atoms with van der Waals surface area (Å²) in [6, 6.07) is 16.2. The van der Waals surface area contributed by atoms with Crippen molar-refractivity contribution in [2.24, 2.45) is 11.1 Å². The standard InChI is InChI=1S/C26H29N3O6S/c1-26(2,3)24-22(35-25(27)30)13-14-28(24)21-12-11-19(29(31)32)15-18(21)16-36(33,34)23-10-6-8-17-7-4-5-9-20(17)23/h4-12,15,22,24H,13-14,16H2,1-3H3,(H2,27,30). The van der Waals surface area contributed by atoms with Gasteiger partial charge in [0.25, 0.3) is 5.69 Å². The monoisotopic (exact) mass is 511 g/mol. The zero-order valence-electron chi connectivity index (χ0n) is 20.4. The van der Waals surface area contributed by atoms with Crippen LogP contribution in [0.3, 0.4) is 0 Å². The molecule has 4 rings (SSSR count). The van der Waals surface area contributed by atoms with Gasteiger partial charge in [-0.05, 0) is 28.5 Å². The molecular weight excluding hydrogens is 482 g/mol. The van der Waals surface area contributed by atoms with Crippen molar-refractivity contribution < 1.29 is 22.9 Å². The maximum atomic E-state index is 13.7. The number of ether oxygens (including phenoxy) is 1. The lowest BCUT2D eigenvalue weighted by molar-refractivity contribution is -0.384. The Morgan fingerprint density at radius 1 is 1.14 bits per heavy atom. The van der Waals surface area contributed by atoms with Crippen molar-refractivity contribution in [2.75, 3.05) is 11.4 Å². The number of hydrogen-bond donors (Lipinski definition) is 1. The third-order valence-electron chi connectivity index (χ3n) is 6.51. The molecule has 3 aromatic rings. The molecule has 2 atom stereocenters. The zero-order chi connectivity index (χ0) is 26.3. The predicted molar refractivity (Wildman–Crippen MR) is 138 cm³/mol. The van der Waals surface area contributed by atoms with Crippen LogP contribution in [0.5, 0.6) is 0 Å². The van der Waals surface area contributed by atoms with Crippen LogP contribution >= 0.6 is 0 Å². The van der Waals surface area contributed by atoms with Gasteiger partial charge in [0.05, 0.1) is 21.6 Å². The third kappa shape index (κ3) is 4.99. The first-order chi connectivity index (χ1) is 16.9. The van der Waals surface area contributed by atoms with Gasteiger partial charge in [-0.3, -0.25) is 10.1 Å². The zero-order valence-corrected chi connectivity index (χ0v) is 21.2. The molecule has 3 aromatic carbocycles. The van der Waals surface area contributed by atoms with Crippen LogP contribution in [0.25, 0.3) is 10.8 Å². The lowest BCUT2D eigenvalue weighted by atomic mass is 9.83. The lowest BCUT2D eigenvalue weighted by Crippen LogP contribution is -2.47. The Hall–Kier alpha value is -3.66. The van der Waals surface area contributed by atoms with E-state index in [4.69, 9.17) is 10.5 Å². The number of carbonyl (C=O) groups excluding carboxylic acids is 1. The molecule has 2 N–H and O–H groups in total. The number of sulfone groups is 1. The van der Waals surface area contributed by atoms with Crippen molar-refractivity contribution in [3.8, 4) is 0 Å². The first-order valence-electron chi connectivity index (χ1n) is 11.6. The van der Waals surface area contributed by atoms with Crippen LogP contribution in [0.2, 0.25) is 0 Å². The minimum absolute atomic E-state index is 0.168. The van der Waals surface area contributed by atoms with Gasteiger partial charge in [-0.25, -0.2) is 13.2 Å². The largest absolute Gasteiger partial charge is 0.444 e. The van der Waals surface area contributed by atoms with E-state index in [9.17, 15) is 23.3 Å². The predicted octanol–water partition coefficient (Wildman–Crippen LogP) is 4.81. The minimum Gasteiger partial charge on any atom is -0.444 e. The van der Waals surface area contributed by atoms with Gasteiger partial charge in [0.2, 0.25) is 0 Å². The first-order valence-corrected chi connectivity index (χ1v) is 13.2. The molecule has 1 heterocycles. The normalized spacial score (nSPS) is 18.4. The summed E-state index contributed by atoms with van der Waals surface area (Å²) in [5, 5.41) is 12.9. The average Bonchev–Trinajstić information content (AvgIpc) is 3.21. The molecule has 1 saturated heterocycles. The van der Waals surface area contributed by atoms with E-state index in [-0.39, 0.29) is 22.0 Å². The number of hydrogen-bond acceptors (Lipinski definition) is 7.